The molecule has 0 aromatic carbocycles. The molecule has 1 aliphatic heterocycles. The molecule has 4 nitrogen and oxygen atoms in total. The van der Waals surface area contributed by atoms with E-state index in [1.807, 2.05) is 23.2 Å². The minimum Gasteiger partial charge on any atom is -0.304 e. The summed E-state index contributed by atoms with van der Waals surface area (Å²) in [5, 5.41) is 1.86. The molecule has 2 heterocycles. The van der Waals surface area contributed by atoms with Gasteiger partial charge in [-0.1, -0.05) is 6.07 Å². The molecule has 0 radical (unpaired) electrons. The second-order valence-electron chi connectivity index (χ2n) is 3.36. The fourth-order valence-electron chi connectivity index (χ4n) is 1.13. The Balaban J connectivity index is 0.000000146. The normalized spacial score (nSPS) is 18.4. The van der Waals surface area contributed by atoms with E-state index in [9.17, 15) is 0 Å². The summed E-state index contributed by atoms with van der Waals surface area (Å²) in [4.78, 5) is 6.07. The zero-order valence-corrected chi connectivity index (χ0v) is 8.63. The maximum atomic E-state index is 5.50. The van der Waals surface area contributed by atoms with Crippen molar-refractivity contribution in [2.75, 3.05) is 33.2 Å². The van der Waals surface area contributed by atoms with Gasteiger partial charge in [0.1, 0.15) is 0 Å². The van der Waals surface area contributed by atoms with Crippen LogP contribution in [0.4, 0.5) is 0 Å². The molecule has 1 aliphatic rings. The average molecular weight is 194 g/mol. The number of hydrogen-bond acceptors (Lipinski definition) is 4. The predicted octanol–water partition coefficient (Wildman–Crippen LogP) is 0.189. The fourth-order valence-corrected chi connectivity index (χ4v) is 1.13. The third kappa shape index (κ3) is 4.91. The molecule has 0 aliphatic carbocycles. The second kappa shape index (κ2) is 6.48. The lowest BCUT2D eigenvalue weighted by atomic mass is 10.4. The van der Waals surface area contributed by atoms with Crippen molar-refractivity contribution in [1.29, 1.82) is 0 Å². The average Bonchev–Trinajstić information content (AvgIpc) is 2.26. The first-order chi connectivity index (χ1) is 6.79. The Morgan fingerprint density at radius 1 is 1.00 bits per heavy atom. The van der Waals surface area contributed by atoms with Crippen molar-refractivity contribution in [2.24, 2.45) is 5.84 Å². The lowest BCUT2D eigenvalue weighted by Crippen LogP contribution is -2.47. The van der Waals surface area contributed by atoms with Gasteiger partial charge in [0.2, 0.25) is 0 Å². The molecule has 1 saturated heterocycles. The van der Waals surface area contributed by atoms with Crippen LogP contribution in [0.2, 0.25) is 0 Å². The molecule has 78 valence electrons. The summed E-state index contributed by atoms with van der Waals surface area (Å²) < 4.78 is 0. The third-order valence-corrected chi connectivity index (χ3v) is 2.10. The van der Waals surface area contributed by atoms with Crippen molar-refractivity contribution in [1.82, 2.24) is 14.9 Å². The summed E-state index contributed by atoms with van der Waals surface area (Å²) in [6.07, 6.45) is 3.50. The van der Waals surface area contributed by atoms with Crippen LogP contribution in [0.3, 0.4) is 0 Å². The van der Waals surface area contributed by atoms with Gasteiger partial charge in [0.25, 0.3) is 0 Å². The van der Waals surface area contributed by atoms with Gasteiger partial charge in [-0.2, -0.15) is 0 Å². The van der Waals surface area contributed by atoms with Crippen LogP contribution in [-0.2, 0) is 0 Å². The van der Waals surface area contributed by atoms with Crippen LogP contribution in [0.15, 0.2) is 30.6 Å². The van der Waals surface area contributed by atoms with Crippen LogP contribution in [0, 0.1) is 0 Å². The van der Waals surface area contributed by atoms with Crippen molar-refractivity contribution < 1.29 is 0 Å². The molecule has 2 N–H and O–H groups in total. The molecule has 1 fully saturated rings. The smallest absolute Gasteiger partial charge is 0.0267 e. The molecule has 14 heavy (non-hydrogen) atoms. The Kier molecular flexibility index (Phi) is 5.14. The Bertz CT molecular complexity index is 182. The number of rotatable bonds is 0. The molecular weight excluding hydrogens is 176 g/mol. The highest BCUT2D eigenvalue weighted by atomic mass is 15.4. The zero-order valence-electron chi connectivity index (χ0n) is 8.63. The number of likely N-dealkylation sites (N-methyl/N-ethyl adjacent to an activating group) is 1. The Hall–Kier alpha value is -0.970. The Morgan fingerprint density at radius 2 is 1.57 bits per heavy atom. The van der Waals surface area contributed by atoms with Crippen molar-refractivity contribution in [2.45, 2.75) is 0 Å². The highest BCUT2D eigenvalue weighted by Gasteiger charge is 2.08. The van der Waals surface area contributed by atoms with E-state index in [1.165, 1.54) is 0 Å². The van der Waals surface area contributed by atoms with E-state index in [-0.39, 0.29) is 0 Å². The number of piperazine rings is 1. The highest BCUT2D eigenvalue weighted by molar-refractivity contribution is 4.88. The van der Waals surface area contributed by atoms with Gasteiger partial charge < -0.3 is 4.90 Å². The summed E-state index contributed by atoms with van der Waals surface area (Å²) in [6.45, 7) is 4.24. The van der Waals surface area contributed by atoms with Gasteiger partial charge in [-0.15, -0.1) is 0 Å². The Morgan fingerprint density at radius 3 is 1.86 bits per heavy atom. The number of nitrogens with zero attached hydrogens (tertiary/aromatic N) is 3. The number of hydrogen-bond donors (Lipinski definition) is 1. The molecule has 0 saturated carbocycles. The van der Waals surface area contributed by atoms with E-state index < -0.39 is 0 Å². The quantitative estimate of drug-likeness (QED) is 0.599. The summed E-state index contributed by atoms with van der Waals surface area (Å²) in [5.74, 6) is 5.50. The van der Waals surface area contributed by atoms with Crippen molar-refractivity contribution >= 4 is 0 Å². The van der Waals surface area contributed by atoms with Crippen LogP contribution < -0.4 is 5.84 Å². The van der Waals surface area contributed by atoms with E-state index in [4.69, 9.17) is 5.84 Å². The Labute approximate surface area is 85.3 Å². The lowest BCUT2D eigenvalue weighted by molar-refractivity contribution is 0.156. The van der Waals surface area contributed by atoms with Crippen molar-refractivity contribution in [3.05, 3.63) is 30.6 Å². The van der Waals surface area contributed by atoms with E-state index in [0.717, 1.165) is 26.2 Å². The van der Waals surface area contributed by atoms with Crippen LogP contribution in [0.25, 0.3) is 0 Å². The van der Waals surface area contributed by atoms with E-state index in [2.05, 4.69) is 16.9 Å². The van der Waals surface area contributed by atoms with E-state index >= 15 is 0 Å². The number of pyridine rings is 1. The molecule has 0 bridgehead atoms. The SMILES string of the molecule is CN1CCN(N)CC1.c1ccncc1. The first kappa shape index (κ1) is 11.1. The van der Waals surface area contributed by atoms with Gasteiger partial charge in [-0.25, -0.2) is 5.01 Å². The van der Waals surface area contributed by atoms with E-state index in [0.29, 0.717) is 0 Å². The molecule has 2 rings (SSSR count). The van der Waals surface area contributed by atoms with Gasteiger partial charge in [0, 0.05) is 38.6 Å². The first-order valence-electron chi connectivity index (χ1n) is 4.82. The summed E-state index contributed by atoms with van der Waals surface area (Å²) in [6, 6.07) is 5.72. The topological polar surface area (TPSA) is 45.4 Å². The van der Waals surface area contributed by atoms with Gasteiger partial charge >= 0.3 is 0 Å². The summed E-state index contributed by atoms with van der Waals surface area (Å²) >= 11 is 0. The lowest BCUT2D eigenvalue weighted by Gasteiger charge is -2.28. The molecule has 0 amide bonds. The van der Waals surface area contributed by atoms with E-state index in [1.54, 1.807) is 12.4 Å². The van der Waals surface area contributed by atoms with Crippen LogP contribution in [-0.4, -0.2) is 48.1 Å². The van der Waals surface area contributed by atoms with Crippen LogP contribution in [0.5, 0.6) is 0 Å². The minimum atomic E-state index is 1.01. The fraction of sp³-hybridized carbons (Fsp3) is 0.500. The minimum absolute atomic E-state index is 1.01. The van der Waals surface area contributed by atoms with Crippen LogP contribution in [0.1, 0.15) is 0 Å². The zero-order chi connectivity index (χ0) is 10.2. The van der Waals surface area contributed by atoms with Gasteiger partial charge in [-0.3, -0.25) is 10.8 Å². The number of nitrogens with two attached hydrogens (primary N) is 1. The van der Waals surface area contributed by atoms with Crippen LogP contribution >= 0.6 is 0 Å². The van der Waals surface area contributed by atoms with Gasteiger partial charge in [0.05, 0.1) is 0 Å². The number of hydrazine groups is 1. The maximum absolute atomic E-state index is 5.50. The predicted molar refractivity (Wildman–Crippen MR) is 57.5 cm³/mol. The standard InChI is InChI=1S/C5H13N3.C5H5N/c1-7-2-4-8(6)5-3-7;1-2-4-6-5-3-1/h2-6H2,1H3;1-5H. The molecule has 0 unspecified atom stereocenters. The van der Waals surface area contributed by atoms with Gasteiger partial charge in [-0.05, 0) is 19.2 Å². The molecule has 0 spiro atoms. The molecule has 0 atom stereocenters. The highest BCUT2D eigenvalue weighted by Crippen LogP contribution is 1.91. The largest absolute Gasteiger partial charge is 0.304 e. The number of aromatic nitrogens is 1. The molecule has 1 aromatic rings. The monoisotopic (exact) mass is 194 g/mol. The van der Waals surface area contributed by atoms with Crippen molar-refractivity contribution in [3.8, 4) is 0 Å². The molecule has 1 aromatic heterocycles. The maximum Gasteiger partial charge on any atom is 0.0267 e. The van der Waals surface area contributed by atoms with Crippen molar-refractivity contribution in [3.63, 3.8) is 0 Å². The molecular formula is C10H18N4. The second-order valence-corrected chi connectivity index (χ2v) is 3.36. The first-order valence-corrected chi connectivity index (χ1v) is 4.82. The third-order valence-electron chi connectivity index (χ3n) is 2.10. The van der Waals surface area contributed by atoms with Gasteiger partial charge in [0.15, 0.2) is 0 Å². The summed E-state index contributed by atoms with van der Waals surface area (Å²) in [7, 11) is 2.12. The molecule has 4 heteroatoms. The summed E-state index contributed by atoms with van der Waals surface area (Å²) in [5.41, 5.74) is 0.